The number of methoxy groups -OCH3 is 1. The normalized spacial score (nSPS) is 10.6. The number of ether oxygens (including phenoxy) is 1. The Balaban J connectivity index is 1.95. The lowest BCUT2D eigenvalue weighted by Gasteiger charge is -2.15. The first kappa shape index (κ1) is 17.9. The molecule has 0 fully saturated rings. The van der Waals surface area contributed by atoms with Crippen LogP contribution in [0.1, 0.15) is 5.82 Å². The van der Waals surface area contributed by atoms with Crippen molar-refractivity contribution < 1.29 is 9.53 Å². The number of carbonyl (C=O) groups is 1. The molecule has 2 aromatic rings. The summed E-state index contributed by atoms with van der Waals surface area (Å²) in [5, 5.41) is 4.17. The van der Waals surface area contributed by atoms with Crippen LogP contribution in [0.15, 0.2) is 18.2 Å². The zero-order valence-corrected chi connectivity index (χ0v) is 15.0. The minimum atomic E-state index is -0.240. The minimum absolute atomic E-state index is 0.112. The van der Waals surface area contributed by atoms with E-state index in [-0.39, 0.29) is 12.5 Å². The highest BCUT2D eigenvalue weighted by atomic mass is 35.5. The summed E-state index contributed by atoms with van der Waals surface area (Å²) in [7, 11) is 3.40. The second-order valence-electron chi connectivity index (χ2n) is 4.74. The Kier molecular flexibility index (Phi) is 6.59. The van der Waals surface area contributed by atoms with Gasteiger partial charge in [0, 0.05) is 32.1 Å². The summed E-state index contributed by atoms with van der Waals surface area (Å²) >= 11 is 13.3. The lowest BCUT2D eigenvalue weighted by atomic mass is 10.3. The maximum absolute atomic E-state index is 12.1. The molecule has 0 radical (unpaired) electrons. The van der Waals surface area contributed by atoms with Crippen LogP contribution in [0.3, 0.4) is 0 Å². The number of anilines is 2. The first-order valence-corrected chi connectivity index (χ1v) is 8.30. The van der Waals surface area contributed by atoms with Gasteiger partial charge in [-0.3, -0.25) is 4.79 Å². The molecule has 0 saturated carbocycles. The Morgan fingerprint density at radius 3 is 2.74 bits per heavy atom. The number of nitrogens with one attached hydrogen (secondary N) is 1. The zero-order chi connectivity index (χ0) is 16.8. The number of nitrogens with zero attached hydrogens (tertiary/aromatic N) is 3. The number of likely N-dealkylation sites (N-methyl/N-ethyl adjacent to an activating group) is 1. The molecule has 9 heteroatoms. The second-order valence-corrected chi connectivity index (χ2v) is 6.28. The highest BCUT2D eigenvalue weighted by Crippen LogP contribution is 2.29. The van der Waals surface area contributed by atoms with Gasteiger partial charge in [-0.1, -0.05) is 29.3 Å². The summed E-state index contributed by atoms with van der Waals surface area (Å²) in [6.45, 7) is 0.672. The molecule has 0 atom stereocenters. The van der Waals surface area contributed by atoms with E-state index in [2.05, 4.69) is 14.7 Å². The first-order valence-electron chi connectivity index (χ1n) is 6.77. The van der Waals surface area contributed by atoms with Crippen LogP contribution in [-0.4, -0.2) is 42.6 Å². The standard InChI is InChI=1S/C14H16Cl2N4O2S/c1-20(14-17-11(19-23-14)6-7-22-2)8-12(21)18-13-9(15)4-3-5-10(13)16/h3-5H,6-8H2,1-2H3,(H,18,21). The molecule has 0 bridgehead atoms. The van der Waals surface area contributed by atoms with Crippen molar-refractivity contribution in [1.29, 1.82) is 0 Å². The molecule has 1 heterocycles. The number of amides is 1. The van der Waals surface area contributed by atoms with Crippen molar-refractivity contribution in [2.24, 2.45) is 0 Å². The number of rotatable bonds is 7. The van der Waals surface area contributed by atoms with E-state index >= 15 is 0 Å². The molecule has 2 rings (SSSR count). The number of benzene rings is 1. The monoisotopic (exact) mass is 374 g/mol. The summed E-state index contributed by atoms with van der Waals surface area (Å²) in [5.41, 5.74) is 0.410. The lowest BCUT2D eigenvalue weighted by Crippen LogP contribution is -2.30. The Morgan fingerprint density at radius 1 is 1.39 bits per heavy atom. The zero-order valence-electron chi connectivity index (χ0n) is 12.7. The fourth-order valence-corrected chi connectivity index (χ4v) is 2.94. The van der Waals surface area contributed by atoms with Gasteiger partial charge in [0.25, 0.3) is 0 Å². The van der Waals surface area contributed by atoms with Gasteiger partial charge in [0.15, 0.2) is 0 Å². The van der Waals surface area contributed by atoms with Crippen molar-refractivity contribution >= 4 is 51.5 Å². The van der Waals surface area contributed by atoms with Gasteiger partial charge in [-0.15, -0.1) is 0 Å². The second kappa shape index (κ2) is 8.44. The van der Waals surface area contributed by atoms with Crippen molar-refractivity contribution in [3.05, 3.63) is 34.1 Å². The van der Waals surface area contributed by atoms with Gasteiger partial charge in [0.2, 0.25) is 11.0 Å². The Hall–Kier alpha value is -1.41. The quantitative estimate of drug-likeness (QED) is 0.806. The third-order valence-corrected chi connectivity index (χ3v) is 4.42. The van der Waals surface area contributed by atoms with Crippen LogP contribution in [0, 0.1) is 0 Å². The Morgan fingerprint density at radius 2 is 2.09 bits per heavy atom. The summed E-state index contributed by atoms with van der Waals surface area (Å²) in [6, 6.07) is 5.05. The van der Waals surface area contributed by atoms with E-state index in [1.807, 2.05) is 0 Å². The highest BCUT2D eigenvalue weighted by Gasteiger charge is 2.14. The molecule has 0 spiro atoms. The molecule has 1 N–H and O–H groups in total. The molecule has 1 aromatic carbocycles. The topological polar surface area (TPSA) is 67.3 Å². The number of hydrogen-bond acceptors (Lipinski definition) is 6. The number of carbonyl (C=O) groups excluding carboxylic acids is 1. The molecule has 0 aliphatic carbocycles. The van der Waals surface area contributed by atoms with Crippen LogP contribution in [-0.2, 0) is 16.0 Å². The number of hydrogen-bond donors (Lipinski definition) is 1. The summed E-state index contributed by atoms with van der Waals surface area (Å²) in [5.74, 6) is 0.462. The van der Waals surface area contributed by atoms with Crippen LogP contribution in [0.5, 0.6) is 0 Å². The highest BCUT2D eigenvalue weighted by molar-refractivity contribution is 7.09. The van der Waals surface area contributed by atoms with Gasteiger partial charge in [0.1, 0.15) is 5.82 Å². The average molecular weight is 375 g/mol. The van der Waals surface area contributed by atoms with E-state index in [0.717, 1.165) is 0 Å². The van der Waals surface area contributed by atoms with Gasteiger partial charge in [-0.2, -0.15) is 4.37 Å². The average Bonchev–Trinajstić information content (AvgIpc) is 2.98. The van der Waals surface area contributed by atoms with Gasteiger partial charge >= 0.3 is 0 Å². The summed E-state index contributed by atoms with van der Waals surface area (Å²) < 4.78 is 9.22. The molecule has 1 amide bonds. The molecule has 6 nitrogen and oxygen atoms in total. The SMILES string of the molecule is COCCc1nsc(N(C)CC(=O)Nc2c(Cl)cccc2Cl)n1. The summed E-state index contributed by atoms with van der Waals surface area (Å²) in [6.07, 6.45) is 0.641. The molecule has 124 valence electrons. The molecule has 23 heavy (non-hydrogen) atoms. The van der Waals surface area contributed by atoms with Gasteiger partial charge < -0.3 is 15.0 Å². The van der Waals surface area contributed by atoms with Crippen molar-refractivity contribution in [3.63, 3.8) is 0 Å². The van der Waals surface area contributed by atoms with Crippen LogP contribution in [0.4, 0.5) is 10.8 Å². The Labute approximate surface area is 148 Å². The molecule has 1 aromatic heterocycles. The van der Waals surface area contributed by atoms with E-state index in [1.165, 1.54) is 11.5 Å². The van der Waals surface area contributed by atoms with Crippen molar-refractivity contribution in [2.45, 2.75) is 6.42 Å². The van der Waals surface area contributed by atoms with Crippen molar-refractivity contribution in [2.75, 3.05) is 37.5 Å². The molecular formula is C14H16Cl2N4O2S. The van der Waals surface area contributed by atoms with E-state index in [4.69, 9.17) is 27.9 Å². The smallest absolute Gasteiger partial charge is 0.244 e. The fraction of sp³-hybridized carbons (Fsp3) is 0.357. The van der Waals surface area contributed by atoms with Crippen molar-refractivity contribution in [1.82, 2.24) is 9.36 Å². The van der Waals surface area contributed by atoms with E-state index in [1.54, 1.807) is 37.3 Å². The number of aromatic nitrogens is 2. The molecule has 0 aliphatic heterocycles. The molecule has 0 aliphatic rings. The molecular weight excluding hydrogens is 359 g/mol. The van der Waals surface area contributed by atoms with Gasteiger partial charge in [-0.05, 0) is 12.1 Å². The number of para-hydroxylation sites is 1. The van der Waals surface area contributed by atoms with E-state index in [9.17, 15) is 4.79 Å². The van der Waals surface area contributed by atoms with Crippen LogP contribution in [0.2, 0.25) is 10.0 Å². The maximum Gasteiger partial charge on any atom is 0.244 e. The third kappa shape index (κ3) is 5.04. The van der Waals surface area contributed by atoms with Crippen molar-refractivity contribution in [3.8, 4) is 0 Å². The van der Waals surface area contributed by atoms with E-state index in [0.29, 0.717) is 39.7 Å². The van der Waals surface area contributed by atoms with Crippen LogP contribution < -0.4 is 10.2 Å². The fourth-order valence-electron chi connectivity index (χ4n) is 1.77. The molecule has 0 unspecified atom stereocenters. The largest absolute Gasteiger partial charge is 0.384 e. The third-order valence-electron chi connectivity index (χ3n) is 2.92. The minimum Gasteiger partial charge on any atom is -0.384 e. The van der Waals surface area contributed by atoms with Crippen LogP contribution in [0.25, 0.3) is 0 Å². The molecule has 0 saturated heterocycles. The predicted molar refractivity (Wildman–Crippen MR) is 93.9 cm³/mol. The lowest BCUT2D eigenvalue weighted by molar-refractivity contribution is -0.114. The van der Waals surface area contributed by atoms with Gasteiger partial charge in [-0.25, -0.2) is 4.98 Å². The summed E-state index contributed by atoms with van der Waals surface area (Å²) in [4.78, 5) is 18.2. The predicted octanol–water partition coefficient (Wildman–Crippen LogP) is 3.11. The van der Waals surface area contributed by atoms with Crippen LogP contribution >= 0.6 is 34.7 Å². The maximum atomic E-state index is 12.1. The first-order chi connectivity index (χ1) is 11.0. The van der Waals surface area contributed by atoms with E-state index < -0.39 is 0 Å². The van der Waals surface area contributed by atoms with Gasteiger partial charge in [0.05, 0.1) is 28.9 Å². The Bertz CT molecular complexity index is 660. The number of halogens is 2.